The molecular formula is C25H34BrN3O4S. The molecule has 0 saturated carbocycles. The van der Waals surface area contributed by atoms with Gasteiger partial charge in [0.1, 0.15) is 6.04 Å². The highest BCUT2D eigenvalue weighted by atomic mass is 79.9. The summed E-state index contributed by atoms with van der Waals surface area (Å²) in [6.45, 7) is 7.85. The minimum absolute atomic E-state index is 0.0441. The number of hydrogen-bond donors (Lipinski definition) is 1. The Bertz CT molecular complexity index is 1070. The summed E-state index contributed by atoms with van der Waals surface area (Å²) < 4.78 is 27.0. The number of rotatable bonds is 11. The van der Waals surface area contributed by atoms with E-state index in [2.05, 4.69) is 21.2 Å². The lowest BCUT2D eigenvalue weighted by atomic mass is 10.1. The molecule has 0 saturated heterocycles. The predicted molar refractivity (Wildman–Crippen MR) is 140 cm³/mol. The van der Waals surface area contributed by atoms with Gasteiger partial charge in [-0.3, -0.25) is 13.9 Å². The molecule has 34 heavy (non-hydrogen) atoms. The zero-order valence-electron chi connectivity index (χ0n) is 20.4. The quantitative estimate of drug-likeness (QED) is 0.452. The third-order valence-electron chi connectivity index (χ3n) is 5.34. The number of nitrogens with zero attached hydrogens (tertiary/aromatic N) is 2. The van der Waals surface area contributed by atoms with Gasteiger partial charge in [0.2, 0.25) is 21.8 Å². The van der Waals surface area contributed by atoms with Crippen LogP contribution in [-0.4, -0.2) is 50.0 Å². The van der Waals surface area contributed by atoms with E-state index in [4.69, 9.17) is 0 Å². The van der Waals surface area contributed by atoms with E-state index in [1.165, 1.54) is 4.31 Å². The number of anilines is 1. The van der Waals surface area contributed by atoms with Crippen molar-refractivity contribution in [3.63, 3.8) is 0 Å². The maximum Gasteiger partial charge on any atom is 0.242 e. The third-order valence-corrected chi connectivity index (χ3v) is 7.06. The first-order valence-corrected chi connectivity index (χ1v) is 13.9. The molecule has 0 aliphatic carbocycles. The second-order valence-corrected chi connectivity index (χ2v) is 11.6. The summed E-state index contributed by atoms with van der Waals surface area (Å²) in [5.74, 6) is -0.426. The summed E-state index contributed by atoms with van der Waals surface area (Å²) in [6.07, 6.45) is 1.61. The van der Waals surface area contributed by atoms with Gasteiger partial charge in [0, 0.05) is 30.0 Å². The Kier molecular flexibility index (Phi) is 10.1. The lowest BCUT2D eigenvalue weighted by Gasteiger charge is -2.30. The lowest BCUT2D eigenvalue weighted by molar-refractivity contribution is -0.140. The van der Waals surface area contributed by atoms with Gasteiger partial charge in [0.05, 0.1) is 11.9 Å². The third kappa shape index (κ3) is 8.43. The van der Waals surface area contributed by atoms with Crippen LogP contribution in [0.3, 0.4) is 0 Å². The number of nitrogens with one attached hydrogen (secondary N) is 1. The molecule has 0 aliphatic heterocycles. The predicted octanol–water partition coefficient (Wildman–Crippen LogP) is 4.25. The number of halogens is 1. The van der Waals surface area contributed by atoms with Crippen molar-refractivity contribution in [2.75, 3.05) is 17.1 Å². The minimum Gasteiger partial charge on any atom is -0.352 e. The van der Waals surface area contributed by atoms with Crippen LogP contribution in [0.1, 0.15) is 44.7 Å². The number of carbonyl (C=O) groups is 2. The summed E-state index contributed by atoms with van der Waals surface area (Å²) in [5, 5.41) is 2.87. The summed E-state index contributed by atoms with van der Waals surface area (Å²) in [6, 6.07) is 14.1. The van der Waals surface area contributed by atoms with Crippen molar-refractivity contribution in [1.82, 2.24) is 10.2 Å². The molecule has 0 fully saturated rings. The van der Waals surface area contributed by atoms with E-state index in [1.54, 1.807) is 24.0 Å². The largest absolute Gasteiger partial charge is 0.352 e. The van der Waals surface area contributed by atoms with Gasteiger partial charge < -0.3 is 10.2 Å². The first-order chi connectivity index (χ1) is 15.9. The van der Waals surface area contributed by atoms with Crippen LogP contribution < -0.4 is 9.62 Å². The highest BCUT2D eigenvalue weighted by molar-refractivity contribution is 9.10. The Hall–Kier alpha value is -2.39. The van der Waals surface area contributed by atoms with Crippen LogP contribution in [-0.2, 0) is 26.2 Å². The Morgan fingerprint density at radius 1 is 1.00 bits per heavy atom. The first-order valence-electron chi connectivity index (χ1n) is 11.3. The van der Waals surface area contributed by atoms with Crippen molar-refractivity contribution >= 4 is 43.5 Å². The van der Waals surface area contributed by atoms with E-state index in [0.717, 1.165) is 21.9 Å². The van der Waals surface area contributed by atoms with Gasteiger partial charge in [-0.1, -0.05) is 45.8 Å². The van der Waals surface area contributed by atoms with Crippen LogP contribution in [0.4, 0.5) is 5.69 Å². The van der Waals surface area contributed by atoms with Gasteiger partial charge in [-0.15, -0.1) is 0 Å². The Morgan fingerprint density at radius 2 is 1.59 bits per heavy atom. The smallest absolute Gasteiger partial charge is 0.242 e. The van der Waals surface area contributed by atoms with Crippen LogP contribution in [0.5, 0.6) is 0 Å². The van der Waals surface area contributed by atoms with Crippen LogP contribution in [0, 0.1) is 6.92 Å². The molecule has 186 valence electrons. The number of sulfonamides is 1. The molecule has 0 bridgehead atoms. The van der Waals surface area contributed by atoms with Crippen molar-refractivity contribution in [2.45, 2.75) is 59.2 Å². The molecule has 2 aromatic carbocycles. The molecule has 7 nitrogen and oxygen atoms in total. The van der Waals surface area contributed by atoms with Gasteiger partial charge in [0.15, 0.2) is 0 Å². The first kappa shape index (κ1) is 27.9. The van der Waals surface area contributed by atoms with Crippen molar-refractivity contribution < 1.29 is 18.0 Å². The molecule has 0 unspecified atom stereocenters. The SMILES string of the molecule is Cc1ccc(N(CCCC(=O)N(Cc2ccc(Br)cc2)[C@H](C)C(=O)NC(C)C)S(C)(=O)=O)cc1. The number of benzene rings is 2. The van der Waals surface area contributed by atoms with Crippen molar-refractivity contribution in [2.24, 2.45) is 0 Å². The standard InChI is InChI=1S/C25H34BrN3O4S/c1-18(2)27-25(31)20(4)28(17-21-10-12-22(26)13-11-21)24(30)7-6-16-29(34(5,32)33)23-14-8-19(3)9-15-23/h8-15,18,20H,6-7,16-17H2,1-5H3,(H,27,31)/t20-/m1/s1. The fourth-order valence-electron chi connectivity index (χ4n) is 3.49. The maximum atomic E-state index is 13.2. The molecule has 9 heteroatoms. The molecule has 1 N–H and O–H groups in total. The highest BCUT2D eigenvalue weighted by Crippen LogP contribution is 2.20. The van der Waals surface area contributed by atoms with E-state index in [-0.39, 0.29) is 37.4 Å². The summed E-state index contributed by atoms with van der Waals surface area (Å²) in [5.41, 5.74) is 2.50. The second-order valence-electron chi connectivity index (χ2n) is 8.76. The van der Waals surface area contributed by atoms with E-state index in [9.17, 15) is 18.0 Å². The Balaban J connectivity index is 2.15. The minimum atomic E-state index is -3.51. The second kappa shape index (κ2) is 12.4. The normalized spacial score (nSPS) is 12.3. The Labute approximate surface area is 211 Å². The van der Waals surface area contributed by atoms with Gasteiger partial charge in [0.25, 0.3) is 0 Å². The molecule has 1 atom stereocenters. The van der Waals surface area contributed by atoms with Crippen LogP contribution in [0.15, 0.2) is 53.0 Å². The number of hydrogen-bond acceptors (Lipinski definition) is 4. The summed E-state index contributed by atoms with van der Waals surface area (Å²) >= 11 is 3.41. The number of aryl methyl sites for hydroxylation is 1. The van der Waals surface area contributed by atoms with Crippen molar-refractivity contribution in [3.05, 3.63) is 64.1 Å². The van der Waals surface area contributed by atoms with Crippen LogP contribution >= 0.6 is 15.9 Å². The molecule has 0 aliphatic rings. The zero-order valence-corrected chi connectivity index (χ0v) is 22.8. The average molecular weight is 553 g/mol. The fourth-order valence-corrected chi connectivity index (χ4v) is 4.72. The van der Waals surface area contributed by atoms with Gasteiger partial charge >= 0.3 is 0 Å². The molecular weight excluding hydrogens is 518 g/mol. The maximum absolute atomic E-state index is 13.2. The highest BCUT2D eigenvalue weighted by Gasteiger charge is 2.27. The van der Waals surface area contributed by atoms with Crippen LogP contribution in [0.2, 0.25) is 0 Å². The molecule has 2 aromatic rings. The monoisotopic (exact) mass is 551 g/mol. The zero-order chi connectivity index (χ0) is 25.5. The van der Waals surface area contributed by atoms with Crippen molar-refractivity contribution in [3.8, 4) is 0 Å². The topological polar surface area (TPSA) is 86.8 Å². The average Bonchev–Trinajstić information content (AvgIpc) is 2.75. The molecule has 2 amide bonds. The molecule has 2 rings (SSSR count). The molecule has 0 radical (unpaired) electrons. The van der Waals surface area contributed by atoms with Gasteiger partial charge in [-0.2, -0.15) is 0 Å². The van der Waals surface area contributed by atoms with E-state index >= 15 is 0 Å². The molecule has 0 heterocycles. The number of amides is 2. The summed E-state index contributed by atoms with van der Waals surface area (Å²) in [4.78, 5) is 27.5. The van der Waals surface area contributed by atoms with E-state index in [1.807, 2.05) is 57.2 Å². The lowest BCUT2D eigenvalue weighted by Crippen LogP contribution is -2.49. The molecule has 0 spiro atoms. The Morgan fingerprint density at radius 3 is 2.12 bits per heavy atom. The van der Waals surface area contributed by atoms with Crippen molar-refractivity contribution in [1.29, 1.82) is 0 Å². The van der Waals surface area contributed by atoms with Gasteiger partial charge in [-0.05, 0) is 63.9 Å². The van der Waals surface area contributed by atoms with Gasteiger partial charge in [-0.25, -0.2) is 8.42 Å². The van der Waals surface area contributed by atoms with Crippen LogP contribution in [0.25, 0.3) is 0 Å². The summed E-state index contributed by atoms with van der Waals surface area (Å²) in [7, 11) is -3.51. The number of carbonyl (C=O) groups excluding carboxylic acids is 2. The fraction of sp³-hybridized carbons (Fsp3) is 0.440. The van der Waals surface area contributed by atoms with E-state index in [0.29, 0.717) is 12.1 Å². The van der Waals surface area contributed by atoms with E-state index < -0.39 is 16.1 Å². The molecule has 0 aromatic heterocycles.